The third-order valence-electron chi connectivity index (χ3n) is 3.87. The fraction of sp³-hybridized carbons (Fsp3) is 0.800. The van der Waals surface area contributed by atoms with Crippen LogP contribution >= 0.6 is 0 Å². The van der Waals surface area contributed by atoms with Crippen LogP contribution in [0.15, 0.2) is 12.7 Å². The zero-order valence-electron chi connectivity index (χ0n) is 13.6. The predicted octanol–water partition coefficient (Wildman–Crippen LogP) is 4.15. The summed E-state index contributed by atoms with van der Waals surface area (Å²) in [5.74, 6) is -0.444. The fourth-order valence-corrected chi connectivity index (χ4v) is 2.91. The molecule has 0 aromatic rings. The molecule has 2 atom stereocenters. The Kier molecular flexibility index (Phi) is 7.01. The largest absolute Gasteiger partial charge is 0.466 e. The van der Waals surface area contributed by atoms with Gasteiger partial charge in [-0.25, -0.2) is 0 Å². The lowest BCUT2D eigenvalue weighted by Crippen LogP contribution is -2.46. The van der Waals surface area contributed by atoms with Crippen LogP contribution in [0, 0.1) is 5.92 Å². The third kappa shape index (κ3) is 5.49. The summed E-state index contributed by atoms with van der Waals surface area (Å²) in [7, 11) is -1.89. The molecule has 0 aromatic carbocycles. The van der Waals surface area contributed by atoms with Gasteiger partial charge >= 0.3 is 5.97 Å². The van der Waals surface area contributed by atoms with Gasteiger partial charge in [-0.2, -0.15) is 0 Å². The first-order valence-corrected chi connectivity index (χ1v) is 9.93. The fourth-order valence-electron chi connectivity index (χ4n) is 1.50. The average molecular weight is 286 g/mol. The van der Waals surface area contributed by atoms with Crippen LogP contribution in [0.25, 0.3) is 0 Å². The standard InChI is InChI=1S/C15H30O3Si/c1-9-11-13(12(3)14(16)17-10-2)18-19(7,8)15(4,5)6/h9,12-13H,1,10-11H2,2-8H3/t12-,13-/m0/s1. The van der Waals surface area contributed by atoms with Gasteiger partial charge in [0.15, 0.2) is 8.32 Å². The molecule has 19 heavy (non-hydrogen) atoms. The van der Waals surface area contributed by atoms with E-state index in [1.165, 1.54) is 0 Å². The van der Waals surface area contributed by atoms with Gasteiger partial charge in [0.2, 0.25) is 0 Å². The van der Waals surface area contributed by atoms with Crippen molar-refractivity contribution < 1.29 is 14.0 Å². The van der Waals surface area contributed by atoms with Gasteiger partial charge in [0, 0.05) is 0 Å². The highest BCUT2D eigenvalue weighted by Crippen LogP contribution is 2.38. The van der Waals surface area contributed by atoms with E-state index in [1.807, 2.05) is 19.9 Å². The minimum Gasteiger partial charge on any atom is -0.466 e. The first kappa shape index (κ1) is 18.4. The van der Waals surface area contributed by atoms with Crippen molar-refractivity contribution in [1.29, 1.82) is 0 Å². The van der Waals surface area contributed by atoms with E-state index >= 15 is 0 Å². The smallest absolute Gasteiger partial charge is 0.311 e. The maximum Gasteiger partial charge on any atom is 0.311 e. The van der Waals surface area contributed by atoms with E-state index in [-0.39, 0.29) is 23.0 Å². The van der Waals surface area contributed by atoms with Crippen LogP contribution in [0.1, 0.15) is 41.0 Å². The van der Waals surface area contributed by atoms with E-state index < -0.39 is 8.32 Å². The van der Waals surface area contributed by atoms with Gasteiger partial charge in [0.05, 0.1) is 18.6 Å². The molecule has 0 aliphatic heterocycles. The molecule has 0 saturated carbocycles. The lowest BCUT2D eigenvalue weighted by atomic mass is 10.0. The van der Waals surface area contributed by atoms with Gasteiger partial charge in [-0.3, -0.25) is 4.79 Å². The first-order chi connectivity index (χ1) is 8.56. The SMILES string of the molecule is C=CC[C@H](O[Si](C)(C)C(C)(C)C)[C@H](C)C(=O)OCC. The molecule has 0 aliphatic rings. The highest BCUT2D eigenvalue weighted by molar-refractivity contribution is 6.74. The topological polar surface area (TPSA) is 35.5 Å². The number of hydrogen-bond donors (Lipinski definition) is 0. The summed E-state index contributed by atoms with van der Waals surface area (Å²) in [6, 6.07) is 0. The Bertz CT molecular complexity index is 305. The number of rotatable bonds is 7. The van der Waals surface area contributed by atoms with Gasteiger partial charge in [-0.05, 0) is 38.4 Å². The highest BCUT2D eigenvalue weighted by atomic mass is 28.4. The van der Waals surface area contributed by atoms with Crippen molar-refractivity contribution in [3.05, 3.63) is 12.7 Å². The normalized spacial score (nSPS) is 15.7. The molecule has 0 unspecified atom stereocenters. The summed E-state index contributed by atoms with van der Waals surface area (Å²) in [5.41, 5.74) is 0. The van der Waals surface area contributed by atoms with E-state index in [1.54, 1.807) is 0 Å². The highest BCUT2D eigenvalue weighted by Gasteiger charge is 2.41. The van der Waals surface area contributed by atoms with Gasteiger partial charge in [-0.15, -0.1) is 6.58 Å². The van der Waals surface area contributed by atoms with Crippen molar-refractivity contribution in [2.45, 2.75) is 65.3 Å². The van der Waals surface area contributed by atoms with Crippen molar-refractivity contribution in [3.8, 4) is 0 Å². The molecule has 4 heteroatoms. The average Bonchev–Trinajstić information content (AvgIpc) is 2.26. The lowest BCUT2D eigenvalue weighted by Gasteiger charge is -2.40. The summed E-state index contributed by atoms with van der Waals surface area (Å²) in [6.07, 6.45) is 2.34. The first-order valence-electron chi connectivity index (χ1n) is 7.02. The summed E-state index contributed by atoms with van der Waals surface area (Å²) < 4.78 is 11.4. The predicted molar refractivity (Wildman–Crippen MR) is 82.7 cm³/mol. The van der Waals surface area contributed by atoms with Crippen LogP contribution in [0.2, 0.25) is 18.1 Å². The molecule has 0 fully saturated rings. The Hall–Kier alpha value is -0.613. The molecular formula is C15H30O3Si. The molecular weight excluding hydrogens is 256 g/mol. The summed E-state index contributed by atoms with van der Waals surface area (Å²) in [6.45, 7) is 18.8. The maximum atomic E-state index is 11.9. The van der Waals surface area contributed by atoms with Crippen LogP contribution in [0.5, 0.6) is 0 Å². The number of carbonyl (C=O) groups is 1. The van der Waals surface area contributed by atoms with Gasteiger partial charge < -0.3 is 9.16 Å². The van der Waals surface area contributed by atoms with Crippen LogP contribution in [0.4, 0.5) is 0 Å². The summed E-state index contributed by atoms with van der Waals surface area (Å²) >= 11 is 0. The molecule has 3 nitrogen and oxygen atoms in total. The van der Waals surface area contributed by atoms with E-state index in [0.717, 1.165) is 0 Å². The molecule has 112 valence electrons. The van der Waals surface area contributed by atoms with Crippen molar-refractivity contribution in [2.75, 3.05) is 6.61 Å². The second-order valence-electron chi connectivity index (χ2n) is 6.48. The summed E-state index contributed by atoms with van der Waals surface area (Å²) in [4.78, 5) is 11.9. The van der Waals surface area contributed by atoms with Crippen LogP contribution in [-0.2, 0) is 14.0 Å². The quantitative estimate of drug-likeness (QED) is 0.400. The zero-order chi connectivity index (χ0) is 15.3. The van der Waals surface area contributed by atoms with E-state index in [4.69, 9.17) is 9.16 Å². The Labute approximate surface area is 119 Å². The van der Waals surface area contributed by atoms with E-state index in [0.29, 0.717) is 13.0 Å². The van der Waals surface area contributed by atoms with Crippen molar-refractivity contribution in [1.82, 2.24) is 0 Å². The molecule has 0 bridgehead atoms. The third-order valence-corrected chi connectivity index (χ3v) is 8.37. The minimum atomic E-state index is -1.89. The number of esters is 1. The maximum absolute atomic E-state index is 11.9. The molecule has 0 rings (SSSR count). The molecule has 0 aliphatic carbocycles. The molecule has 0 heterocycles. The number of hydrogen-bond acceptors (Lipinski definition) is 3. The van der Waals surface area contributed by atoms with Crippen molar-refractivity contribution in [2.24, 2.45) is 5.92 Å². The second-order valence-corrected chi connectivity index (χ2v) is 11.2. The van der Waals surface area contributed by atoms with Crippen LogP contribution in [0.3, 0.4) is 0 Å². The van der Waals surface area contributed by atoms with Crippen LogP contribution in [-0.4, -0.2) is 27.0 Å². The monoisotopic (exact) mass is 286 g/mol. The van der Waals surface area contributed by atoms with E-state index in [2.05, 4.69) is 40.4 Å². The number of ether oxygens (including phenoxy) is 1. The number of carbonyl (C=O) groups excluding carboxylic acids is 1. The van der Waals surface area contributed by atoms with Crippen LogP contribution < -0.4 is 0 Å². The Morgan fingerprint density at radius 3 is 2.26 bits per heavy atom. The van der Waals surface area contributed by atoms with Crippen molar-refractivity contribution in [3.63, 3.8) is 0 Å². The zero-order valence-corrected chi connectivity index (χ0v) is 14.6. The van der Waals surface area contributed by atoms with E-state index in [9.17, 15) is 4.79 Å². The molecule has 0 aromatic heterocycles. The molecule has 0 spiro atoms. The molecule has 0 radical (unpaired) electrons. The van der Waals surface area contributed by atoms with Gasteiger partial charge in [-0.1, -0.05) is 26.8 Å². The Balaban J connectivity index is 4.93. The molecule has 0 N–H and O–H groups in total. The Morgan fingerprint density at radius 2 is 1.89 bits per heavy atom. The molecule has 0 saturated heterocycles. The van der Waals surface area contributed by atoms with Crippen molar-refractivity contribution >= 4 is 14.3 Å². The summed E-state index contributed by atoms with van der Waals surface area (Å²) in [5, 5.41) is 0.126. The second kappa shape index (κ2) is 7.24. The lowest BCUT2D eigenvalue weighted by molar-refractivity contribution is -0.150. The molecule has 0 amide bonds. The Morgan fingerprint density at radius 1 is 1.37 bits per heavy atom. The minimum absolute atomic E-state index is 0.126. The van der Waals surface area contributed by atoms with Gasteiger partial charge in [0.1, 0.15) is 0 Å². The van der Waals surface area contributed by atoms with Gasteiger partial charge in [0.25, 0.3) is 0 Å².